The van der Waals surface area contributed by atoms with Gasteiger partial charge in [0.25, 0.3) is 0 Å². The Morgan fingerprint density at radius 2 is 1.77 bits per heavy atom. The van der Waals surface area contributed by atoms with Gasteiger partial charge < -0.3 is 5.32 Å². The zero-order chi connectivity index (χ0) is 15.3. The molecule has 4 bridgehead atoms. The molecule has 1 aromatic carbocycles. The van der Waals surface area contributed by atoms with Crippen LogP contribution in [0.25, 0.3) is 0 Å². The van der Waals surface area contributed by atoms with E-state index in [0.717, 1.165) is 29.0 Å². The van der Waals surface area contributed by atoms with Crippen LogP contribution in [-0.2, 0) is 4.79 Å². The number of benzene rings is 1. The van der Waals surface area contributed by atoms with Crippen molar-refractivity contribution in [2.45, 2.75) is 51.9 Å². The molecule has 0 aromatic heterocycles. The van der Waals surface area contributed by atoms with Crippen molar-refractivity contribution in [2.75, 3.05) is 5.32 Å². The van der Waals surface area contributed by atoms with Crippen LogP contribution in [0.2, 0.25) is 5.02 Å². The van der Waals surface area contributed by atoms with E-state index in [1.165, 1.54) is 38.5 Å². The van der Waals surface area contributed by atoms with Crippen LogP contribution in [0.4, 0.5) is 5.69 Å². The number of rotatable bonds is 3. The molecular weight excluding hydrogens is 294 g/mol. The van der Waals surface area contributed by atoms with Crippen LogP contribution in [0.5, 0.6) is 0 Å². The van der Waals surface area contributed by atoms with Crippen molar-refractivity contribution < 1.29 is 4.79 Å². The molecule has 4 aliphatic rings. The zero-order valence-corrected chi connectivity index (χ0v) is 14.0. The summed E-state index contributed by atoms with van der Waals surface area (Å²) < 4.78 is 0. The lowest BCUT2D eigenvalue weighted by Crippen LogP contribution is -2.47. The molecule has 0 atom stereocenters. The molecule has 0 unspecified atom stereocenters. The Labute approximate surface area is 137 Å². The van der Waals surface area contributed by atoms with Crippen LogP contribution in [0.3, 0.4) is 0 Å². The van der Waals surface area contributed by atoms with E-state index in [4.69, 9.17) is 11.6 Å². The van der Waals surface area contributed by atoms with Crippen LogP contribution in [0.1, 0.15) is 50.5 Å². The number of aryl methyl sites for hydroxylation is 1. The van der Waals surface area contributed by atoms with E-state index in [1.54, 1.807) is 0 Å². The van der Waals surface area contributed by atoms with Gasteiger partial charge >= 0.3 is 0 Å². The van der Waals surface area contributed by atoms with Gasteiger partial charge in [-0.05, 0) is 86.3 Å². The normalized spacial score (nSPS) is 35.6. The molecule has 1 aromatic rings. The van der Waals surface area contributed by atoms with Crippen molar-refractivity contribution in [1.82, 2.24) is 0 Å². The third-order valence-electron chi connectivity index (χ3n) is 6.10. The number of anilines is 1. The summed E-state index contributed by atoms with van der Waals surface area (Å²) in [4.78, 5) is 12.6. The van der Waals surface area contributed by atoms with Crippen molar-refractivity contribution >= 4 is 23.2 Å². The Bertz CT molecular complexity index is 574. The Morgan fingerprint density at radius 3 is 2.32 bits per heavy atom. The van der Waals surface area contributed by atoms with Gasteiger partial charge in [0.1, 0.15) is 0 Å². The molecule has 0 saturated heterocycles. The van der Waals surface area contributed by atoms with Gasteiger partial charge in [-0.25, -0.2) is 0 Å². The summed E-state index contributed by atoms with van der Waals surface area (Å²) in [7, 11) is 0. The average Bonchev–Trinajstić information content (AvgIpc) is 2.39. The van der Waals surface area contributed by atoms with Crippen molar-refractivity contribution in [3.05, 3.63) is 28.8 Å². The van der Waals surface area contributed by atoms with E-state index < -0.39 is 0 Å². The molecule has 4 aliphatic carbocycles. The average molecular weight is 318 g/mol. The first kappa shape index (κ1) is 14.6. The Balaban J connectivity index is 1.46. The molecule has 118 valence electrons. The minimum Gasteiger partial charge on any atom is -0.325 e. The third-order valence-corrected chi connectivity index (χ3v) is 6.41. The second-order valence-electron chi connectivity index (χ2n) is 8.13. The number of nitrogens with one attached hydrogen (secondary N) is 1. The monoisotopic (exact) mass is 317 g/mol. The van der Waals surface area contributed by atoms with Crippen LogP contribution >= 0.6 is 11.6 Å². The first-order valence-electron chi connectivity index (χ1n) is 8.57. The van der Waals surface area contributed by atoms with Crippen molar-refractivity contribution in [1.29, 1.82) is 0 Å². The predicted molar refractivity (Wildman–Crippen MR) is 90.0 cm³/mol. The fraction of sp³-hybridized carbons (Fsp3) is 0.632. The molecule has 2 nitrogen and oxygen atoms in total. The SMILES string of the molecule is Cc1ccc(NC(=O)CC23CC4CC(CC(C4)C2)C3)c(Cl)c1. The highest BCUT2D eigenvalue weighted by Gasteiger charge is 2.51. The summed E-state index contributed by atoms with van der Waals surface area (Å²) in [5, 5.41) is 3.68. The van der Waals surface area contributed by atoms with Crippen LogP contribution in [0.15, 0.2) is 18.2 Å². The van der Waals surface area contributed by atoms with Gasteiger partial charge in [0, 0.05) is 6.42 Å². The van der Waals surface area contributed by atoms with Gasteiger partial charge in [0.15, 0.2) is 0 Å². The van der Waals surface area contributed by atoms with Gasteiger partial charge in [-0.15, -0.1) is 0 Å². The number of hydrogen-bond acceptors (Lipinski definition) is 1. The summed E-state index contributed by atoms with van der Waals surface area (Å²) in [6.07, 6.45) is 8.76. The molecule has 1 amide bonds. The molecular formula is C19H24ClNO. The lowest BCUT2D eigenvalue weighted by molar-refractivity contribution is -0.124. The van der Waals surface area contributed by atoms with E-state index in [1.807, 2.05) is 25.1 Å². The summed E-state index contributed by atoms with van der Waals surface area (Å²) in [6.45, 7) is 2.01. The number of hydrogen-bond donors (Lipinski definition) is 1. The Morgan fingerprint density at radius 1 is 1.18 bits per heavy atom. The van der Waals surface area contributed by atoms with Gasteiger partial charge in [-0.3, -0.25) is 4.79 Å². The number of amides is 1. The van der Waals surface area contributed by atoms with Crippen molar-refractivity contribution in [3.63, 3.8) is 0 Å². The fourth-order valence-corrected chi connectivity index (χ4v) is 6.05. The van der Waals surface area contributed by atoms with E-state index in [9.17, 15) is 4.79 Å². The van der Waals surface area contributed by atoms with E-state index in [-0.39, 0.29) is 11.3 Å². The third kappa shape index (κ3) is 2.67. The molecule has 0 heterocycles. The summed E-state index contributed by atoms with van der Waals surface area (Å²) in [6, 6.07) is 5.81. The molecule has 0 radical (unpaired) electrons. The topological polar surface area (TPSA) is 29.1 Å². The highest BCUT2D eigenvalue weighted by atomic mass is 35.5. The highest BCUT2D eigenvalue weighted by Crippen LogP contribution is 2.61. The van der Waals surface area contributed by atoms with Crippen molar-refractivity contribution in [2.24, 2.45) is 23.2 Å². The maximum absolute atomic E-state index is 12.6. The smallest absolute Gasteiger partial charge is 0.224 e. The minimum absolute atomic E-state index is 0.146. The van der Waals surface area contributed by atoms with Gasteiger partial charge in [-0.2, -0.15) is 0 Å². The van der Waals surface area contributed by atoms with Gasteiger partial charge in [-0.1, -0.05) is 17.7 Å². The van der Waals surface area contributed by atoms with Crippen LogP contribution < -0.4 is 5.32 Å². The Kier molecular flexibility index (Phi) is 3.48. The Hall–Kier alpha value is -1.02. The standard InChI is InChI=1S/C19H24ClNO/c1-12-2-3-17(16(20)4-12)21-18(22)11-19-8-13-5-14(9-19)7-15(6-13)10-19/h2-4,13-15H,5-11H2,1H3,(H,21,22). The number of carbonyl (C=O) groups excluding carboxylic acids is 1. The lowest BCUT2D eigenvalue weighted by atomic mass is 9.49. The first-order valence-corrected chi connectivity index (χ1v) is 8.95. The van der Waals surface area contributed by atoms with Crippen LogP contribution in [0, 0.1) is 30.1 Å². The highest BCUT2D eigenvalue weighted by molar-refractivity contribution is 6.33. The molecule has 4 fully saturated rings. The fourth-order valence-electron chi connectivity index (χ4n) is 5.76. The molecule has 1 N–H and O–H groups in total. The van der Waals surface area contributed by atoms with E-state index in [0.29, 0.717) is 11.4 Å². The quantitative estimate of drug-likeness (QED) is 0.816. The van der Waals surface area contributed by atoms with E-state index >= 15 is 0 Å². The number of halogens is 1. The minimum atomic E-state index is 0.146. The summed E-state index contributed by atoms with van der Waals surface area (Å²) in [5.74, 6) is 2.82. The second-order valence-corrected chi connectivity index (χ2v) is 8.53. The maximum Gasteiger partial charge on any atom is 0.224 e. The van der Waals surface area contributed by atoms with Crippen LogP contribution in [-0.4, -0.2) is 5.91 Å². The predicted octanol–water partition coefficient (Wildman–Crippen LogP) is 5.19. The van der Waals surface area contributed by atoms with Crippen molar-refractivity contribution in [3.8, 4) is 0 Å². The van der Waals surface area contributed by atoms with E-state index in [2.05, 4.69) is 5.32 Å². The summed E-state index contributed by atoms with van der Waals surface area (Å²) in [5.41, 5.74) is 2.15. The molecule has 0 spiro atoms. The largest absolute Gasteiger partial charge is 0.325 e. The van der Waals surface area contributed by atoms with Gasteiger partial charge in [0.05, 0.1) is 10.7 Å². The second kappa shape index (κ2) is 5.26. The molecule has 0 aliphatic heterocycles. The molecule has 22 heavy (non-hydrogen) atoms. The maximum atomic E-state index is 12.6. The zero-order valence-electron chi connectivity index (χ0n) is 13.2. The van der Waals surface area contributed by atoms with Gasteiger partial charge in [0.2, 0.25) is 5.91 Å². The first-order chi connectivity index (χ1) is 10.5. The molecule has 4 saturated carbocycles. The number of carbonyl (C=O) groups is 1. The summed E-state index contributed by atoms with van der Waals surface area (Å²) >= 11 is 6.23. The molecule has 5 rings (SSSR count). The molecule has 3 heteroatoms. The lowest BCUT2D eigenvalue weighted by Gasteiger charge is -2.56.